The van der Waals surface area contributed by atoms with Crippen molar-refractivity contribution in [3.8, 4) is 21.8 Å². The lowest BCUT2D eigenvalue weighted by Gasteiger charge is -2.13. The average Bonchev–Trinajstić information content (AvgIpc) is 3.05. The van der Waals surface area contributed by atoms with Crippen molar-refractivity contribution < 1.29 is 4.39 Å². The van der Waals surface area contributed by atoms with E-state index in [1.54, 1.807) is 31.3 Å². The molecule has 26 heavy (non-hydrogen) atoms. The first-order valence-corrected chi connectivity index (χ1v) is 9.72. The second kappa shape index (κ2) is 8.23. The third-order valence-corrected chi connectivity index (χ3v) is 5.26. The summed E-state index contributed by atoms with van der Waals surface area (Å²) in [6.07, 6.45) is 1.59. The van der Waals surface area contributed by atoms with Gasteiger partial charge < -0.3 is 0 Å². The Bertz CT molecular complexity index is 900. The van der Waals surface area contributed by atoms with Crippen molar-refractivity contribution in [3.63, 3.8) is 0 Å². The van der Waals surface area contributed by atoms with E-state index in [4.69, 9.17) is 16.6 Å². The van der Waals surface area contributed by atoms with Crippen LogP contribution in [0.5, 0.6) is 0 Å². The molecular formula is C20H23ClFN3S. The molecule has 0 aliphatic heterocycles. The lowest BCUT2D eigenvalue weighted by atomic mass is 9.98. The summed E-state index contributed by atoms with van der Waals surface area (Å²) >= 11 is 7.45. The first-order chi connectivity index (χ1) is 12.3. The van der Waals surface area contributed by atoms with Crippen LogP contribution >= 0.6 is 22.9 Å². The number of rotatable bonds is 2. The van der Waals surface area contributed by atoms with Gasteiger partial charge in [-0.05, 0) is 36.2 Å². The summed E-state index contributed by atoms with van der Waals surface area (Å²) in [6.45, 7) is 12.0. The number of nitrogens with zero attached hydrogens (tertiary/aromatic N) is 3. The van der Waals surface area contributed by atoms with Crippen LogP contribution in [0.15, 0.2) is 30.5 Å². The van der Waals surface area contributed by atoms with E-state index in [2.05, 4.69) is 30.7 Å². The molecule has 0 saturated carbocycles. The third-order valence-electron chi connectivity index (χ3n) is 3.57. The van der Waals surface area contributed by atoms with Crippen molar-refractivity contribution in [1.29, 1.82) is 0 Å². The highest BCUT2D eigenvalue weighted by Crippen LogP contribution is 2.41. The maximum atomic E-state index is 14.7. The maximum Gasteiger partial charge on any atom is 0.222 e. The van der Waals surface area contributed by atoms with Crippen LogP contribution in [0.4, 0.5) is 4.39 Å². The van der Waals surface area contributed by atoms with Gasteiger partial charge in [0.2, 0.25) is 5.28 Å². The van der Waals surface area contributed by atoms with Crippen LogP contribution in [0.25, 0.3) is 21.8 Å². The molecule has 0 saturated heterocycles. The third kappa shape index (κ3) is 4.27. The number of benzene rings is 1. The second-order valence-corrected chi connectivity index (χ2v) is 7.93. The molecule has 138 valence electrons. The molecule has 2 heterocycles. The number of hydrogen-bond acceptors (Lipinski definition) is 4. The van der Waals surface area contributed by atoms with Gasteiger partial charge in [0.15, 0.2) is 0 Å². The molecule has 0 fully saturated rings. The van der Waals surface area contributed by atoms with Crippen molar-refractivity contribution in [2.45, 2.75) is 47.0 Å². The SMILES string of the molecule is CC.Cc1cccc(-c2nc(C(C)(C)C)sc2-c2ccnc(Cl)n2)c1F. The van der Waals surface area contributed by atoms with Crippen LogP contribution in [0.1, 0.15) is 45.2 Å². The smallest absolute Gasteiger partial charge is 0.222 e. The number of aryl methyl sites for hydroxylation is 1. The molecular weight excluding hydrogens is 369 g/mol. The van der Waals surface area contributed by atoms with Crippen molar-refractivity contribution >= 4 is 22.9 Å². The van der Waals surface area contributed by atoms with Gasteiger partial charge in [-0.25, -0.2) is 19.3 Å². The average molecular weight is 392 g/mol. The van der Waals surface area contributed by atoms with E-state index in [1.807, 2.05) is 19.9 Å². The number of thiazole rings is 1. The van der Waals surface area contributed by atoms with E-state index in [9.17, 15) is 4.39 Å². The van der Waals surface area contributed by atoms with Gasteiger partial charge in [-0.2, -0.15) is 0 Å². The molecule has 0 aliphatic rings. The predicted octanol–water partition coefficient (Wildman–Crippen LogP) is 6.69. The molecule has 0 amide bonds. The first-order valence-electron chi connectivity index (χ1n) is 8.53. The van der Waals surface area contributed by atoms with Crippen LogP contribution in [0, 0.1) is 12.7 Å². The minimum atomic E-state index is -0.260. The van der Waals surface area contributed by atoms with Crippen LogP contribution in [0.2, 0.25) is 5.28 Å². The Morgan fingerprint density at radius 1 is 1.08 bits per heavy atom. The largest absolute Gasteiger partial charge is 0.240 e. The number of aromatic nitrogens is 3. The highest BCUT2D eigenvalue weighted by atomic mass is 35.5. The van der Waals surface area contributed by atoms with Crippen molar-refractivity contribution in [3.05, 3.63) is 52.1 Å². The summed E-state index contributed by atoms with van der Waals surface area (Å²) in [5.41, 5.74) is 2.17. The highest BCUT2D eigenvalue weighted by Gasteiger charge is 2.25. The van der Waals surface area contributed by atoms with Gasteiger partial charge in [0, 0.05) is 17.2 Å². The van der Waals surface area contributed by atoms with Gasteiger partial charge in [0.05, 0.1) is 21.3 Å². The van der Waals surface area contributed by atoms with Gasteiger partial charge in [0.1, 0.15) is 5.82 Å². The summed E-state index contributed by atoms with van der Waals surface area (Å²) in [5, 5.41) is 1.08. The number of halogens is 2. The molecule has 2 aromatic heterocycles. The van der Waals surface area contributed by atoms with E-state index < -0.39 is 0 Å². The zero-order valence-electron chi connectivity index (χ0n) is 15.9. The summed E-state index contributed by atoms with van der Waals surface area (Å²) in [7, 11) is 0. The fraction of sp³-hybridized carbons (Fsp3) is 0.350. The molecule has 0 atom stereocenters. The molecule has 0 spiro atoms. The van der Waals surface area contributed by atoms with E-state index in [0.717, 1.165) is 9.88 Å². The summed E-state index contributed by atoms with van der Waals surface area (Å²) in [6, 6.07) is 7.09. The molecule has 0 bridgehead atoms. The quantitative estimate of drug-likeness (QED) is 0.456. The Hall–Kier alpha value is -1.85. The van der Waals surface area contributed by atoms with Gasteiger partial charge in [0.25, 0.3) is 0 Å². The summed E-state index contributed by atoms with van der Waals surface area (Å²) in [5.74, 6) is -0.260. The van der Waals surface area contributed by atoms with Crippen LogP contribution < -0.4 is 0 Å². The lowest BCUT2D eigenvalue weighted by molar-refractivity contribution is 0.585. The second-order valence-electron chi connectivity index (χ2n) is 6.59. The van der Waals surface area contributed by atoms with E-state index >= 15 is 0 Å². The van der Waals surface area contributed by atoms with Crippen LogP contribution in [0.3, 0.4) is 0 Å². The molecule has 3 nitrogen and oxygen atoms in total. The Labute approximate surface area is 163 Å². The summed E-state index contributed by atoms with van der Waals surface area (Å²) in [4.78, 5) is 13.7. The molecule has 0 unspecified atom stereocenters. The summed E-state index contributed by atoms with van der Waals surface area (Å²) < 4.78 is 14.7. The Balaban J connectivity index is 0.00000117. The van der Waals surface area contributed by atoms with E-state index in [1.165, 1.54) is 11.3 Å². The Morgan fingerprint density at radius 2 is 1.77 bits per heavy atom. The van der Waals surface area contributed by atoms with E-state index in [-0.39, 0.29) is 16.5 Å². The lowest BCUT2D eigenvalue weighted by Crippen LogP contribution is -2.10. The zero-order chi connectivity index (χ0) is 19.5. The Morgan fingerprint density at radius 3 is 2.38 bits per heavy atom. The van der Waals surface area contributed by atoms with Crippen LogP contribution in [-0.2, 0) is 5.41 Å². The zero-order valence-corrected chi connectivity index (χ0v) is 17.5. The molecule has 1 aromatic carbocycles. The van der Waals surface area contributed by atoms with E-state index in [0.29, 0.717) is 22.5 Å². The van der Waals surface area contributed by atoms with Gasteiger partial charge >= 0.3 is 0 Å². The fourth-order valence-corrected chi connectivity index (χ4v) is 3.54. The van der Waals surface area contributed by atoms with Gasteiger partial charge in [-0.15, -0.1) is 11.3 Å². The molecule has 3 aromatic rings. The minimum absolute atomic E-state index is 0.144. The van der Waals surface area contributed by atoms with Gasteiger partial charge in [-0.1, -0.05) is 46.8 Å². The molecule has 0 aliphatic carbocycles. The molecule has 0 N–H and O–H groups in total. The normalized spacial score (nSPS) is 11.1. The minimum Gasteiger partial charge on any atom is -0.240 e. The number of hydrogen-bond donors (Lipinski definition) is 0. The fourth-order valence-electron chi connectivity index (χ4n) is 2.29. The predicted molar refractivity (Wildman–Crippen MR) is 108 cm³/mol. The molecule has 3 rings (SSSR count). The standard InChI is InChI=1S/C18H17ClFN3S.C2H6/c1-10-6-5-7-11(13(10)20)14-15(12-8-9-21-17(19)22-12)24-16(23-14)18(2,3)4;1-2/h5-9H,1-4H3;1-2H3. The molecule has 6 heteroatoms. The highest BCUT2D eigenvalue weighted by molar-refractivity contribution is 7.15. The van der Waals surface area contributed by atoms with Crippen molar-refractivity contribution in [2.24, 2.45) is 0 Å². The topological polar surface area (TPSA) is 38.7 Å². The van der Waals surface area contributed by atoms with Gasteiger partial charge in [-0.3, -0.25) is 0 Å². The van der Waals surface area contributed by atoms with Crippen molar-refractivity contribution in [1.82, 2.24) is 15.0 Å². The van der Waals surface area contributed by atoms with Crippen LogP contribution in [-0.4, -0.2) is 15.0 Å². The Kier molecular flexibility index (Phi) is 6.48. The monoisotopic (exact) mass is 391 g/mol. The van der Waals surface area contributed by atoms with Crippen molar-refractivity contribution in [2.75, 3.05) is 0 Å². The first kappa shape index (κ1) is 20.5. The maximum absolute atomic E-state index is 14.7. The molecule has 0 radical (unpaired) electrons.